The fraction of sp³-hybridized carbons (Fsp3) is 0.273. The van der Waals surface area contributed by atoms with E-state index in [-0.39, 0.29) is 17.5 Å². The predicted octanol–water partition coefficient (Wildman–Crippen LogP) is 3.05. The summed E-state index contributed by atoms with van der Waals surface area (Å²) < 4.78 is 19.1. The Hall–Kier alpha value is -1.27. The Labute approximate surface area is 106 Å². The first-order valence-electron chi connectivity index (χ1n) is 5.17. The third kappa shape index (κ3) is 2.37. The van der Waals surface area contributed by atoms with Crippen LogP contribution in [-0.4, -0.2) is 10.1 Å². The van der Waals surface area contributed by atoms with Crippen molar-refractivity contribution < 1.29 is 8.91 Å². The van der Waals surface area contributed by atoms with E-state index in [0.29, 0.717) is 16.7 Å². The fourth-order valence-electron chi connectivity index (χ4n) is 1.35. The molecule has 6 heteroatoms. The number of aromatic nitrogens is 2. The molecule has 0 aliphatic heterocycles. The number of hydrogen-bond donors (Lipinski definition) is 1. The van der Waals surface area contributed by atoms with Crippen LogP contribution in [-0.2, 0) is 0 Å². The third-order valence-electron chi connectivity index (χ3n) is 2.40. The molecule has 1 aromatic carbocycles. The third-order valence-corrected chi connectivity index (χ3v) is 3.01. The minimum atomic E-state index is -0.423. The van der Waals surface area contributed by atoms with E-state index < -0.39 is 5.82 Å². The molecule has 0 spiro atoms. The van der Waals surface area contributed by atoms with Gasteiger partial charge in [-0.1, -0.05) is 18.1 Å². The molecule has 1 aromatic heterocycles. The Bertz CT molecular complexity index is 529. The summed E-state index contributed by atoms with van der Waals surface area (Å²) in [6.07, 6.45) is 0.694. The number of nitrogens with zero attached hydrogens (tertiary/aromatic N) is 2. The van der Waals surface area contributed by atoms with Crippen molar-refractivity contribution in [1.82, 2.24) is 10.1 Å². The Kier molecular flexibility index (Phi) is 3.54. The molecule has 17 heavy (non-hydrogen) atoms. The van der Waals surface area contributed by atoms with Gasteiger partial charge in [0.1, 0.15) is 5.82 Å². The molecular weight excluding hydrogens is 289 g/mol. The highest BCUT2D eigenvalue weighted by Gasteiger charge is 2.17. The number of nitrogens with two attached hydrogens (primary N) is 1. The van der Waals surface area contributed by atoms with Gasteiger partial charge in [-0.3, -0.25) is 0 Å². The summed E-state index contributed by atoms with van der Waals surface area (Å²) in [5, 5.41) is 3.74. The van der Waals surface area contributed by atoms with Crippen LogP contribution in [0.3, 0.4) is 0 Å². The minimum absolute atomic E-state index is 0.141. The molecule has 1 atom stereocenters. The molecule has 1 unspecified atom stereocenters. The molecule has 0 bridgehead atoms. The summed E-state index contributed by atoms with van der Waals surface area (Å²) in [5.41, 5.74) is 6.03. The smallest absolute Gasteiger partial charge is 0.260 e. The number of hydrogen-bond acceptors (Lipinski definition) is 4. The molecule has 0 fully saturated rings. The molecule has 0 aliphatic rings. The van der Waals surface area contributed by atoms with E-state index in [0.717, 1.165) is 0 Å². The lowest BCUT2D eigenvalue weighted by Crippen LogP contribution is -2.10. The first-order valence-corrected chi connectivity index (χ1v) is 5.96. The summed E-state index contributed by atoms with van der Waals surface area (Å²) in [4.78, 5) is 4.09. The Morgan fingerprint density at radius 2 is 2.29 bits per heavy atom. The maximum absolute atomic E-state index is 13.8. The van der Waals surface area contributed by atoms with E-state index in [4.69, 9.17) is 10.3 Å². The predicted molar refractivity (Wildman–Crippen MR) is 64.6 cm³/mol. The van der Waals surface area contributed by atoms with Crippen molar-refractivity contribution in [1.29, 1.82) is 0 Å². The summed E-state index contributed by atoms with van der Waals surface area (Å²) in [6, 6.07) is 4.59. The summed E-state index contributed by atoms with van der Waals surface area (Å²) >= 11 is 3.10. The van der Waals surface area contributed by atoms with Gasteiger partial charge in [0.15, 0.2) is 5.82 Å². The zero-order valence-corrected chi connectivity index (χ0v) is 10.7. The van der Waals surface area contributed by atoms with Crippen LogP contribution in [0.4, 0.5) is 4.39 Å². The fourth-order valence-corrected chi connectivity index (χ4v) is 1.71. The molecule has 1 heterocycles. The molecule has 2 N–H and O–H groups in total. The molecule has 4 nitrogen and oxygen atoms in total. The van der Waals surface area contributed by atoms with Crippen LogP contribution < -0.4 is 5.73 Å². The average Bonchev–Trinajstić information content (AvgIpc) is 2.81. The van der Waals surface area contributed by atoms with Gasteiger partial charge in [-0.05, 0) is 34.5 Å². The minimum Gasteiger partial charge on any atom is -0.334 e. The van der Waals surface area contributed by atoms with E-state index in [1.165, 1.54) is 0 Å². The zero-order valence-electron chi connectivity index (χ0n) is 9.15. The highest BCUT2D eigenvalue weighted by molar-refractivity contribution is 9.10. The van der Waals surface area contributed by atoms with Gasteiger partial charge in [0.2, 0.25) is 0 Å². The maximum Gasteiger partial charge on any atom is 0.260 e. The molecule has 2 rings (SSSR count). The highest BCUT2D eigenvalue weighted by Crippen LogP contribution is 2.27. The van der Waals surface area contributed by atoms with Gasteiger partial charge in [0.25, 0.3) is 5.89 Å². The van der Waals surface area contributed by atoms with Crippen molar-refractivity contribution in [3.05, 3.63) is 34.3 Å². The molecule has 0 saturated carbocycles. The van der Waals surface area contributed by atoms with Crippen molar-refractivity contribution in [2.75, 3.05) is 0 Å². The second-order valence-corrected chi connectivity index (χ2v) is 4.43. The van der Waals surface area contributed by atoms with Crippen LogP contribution in [0.5, 0.6) is 0 Å². The van der Waals surface area contributed by atoms with E-state index in [1.807, 2.05) is 6.92 Å². The molecule has 90 valence electrons. The van der Waals surface area contributed by atoms with Gasteiger partial charge < -0.3 is 10.3 Å². The normalized spacial score (nSPS) is 12.7. The molecule has 0 aliphatic carbocycles. The summed E-state index contributed by atoms with van der Waals surface area (Å²) in [7, 11) is 0. The lowest BCUT2D eigenvalue weighted by atomic mass is 10.2. The standard InChI is InChI=1S/C11H11BrFN3O/c1-2-8(14)10-15-11(17-16-10)6-4-3-5-7(12)9(6)13/h3-5,8H,2,14H2,1H3. The molecule has 0 radical (unpaired) electrons. The van der Waals surface area contributed by atoms with Gasteiger partial charge in [-0.2, -0.15) is 4.98 Å². The van der Waals surface area contributed by atoms with E-state index >= 15 is 0 Å². The molecule has 0 saturated heterocycles. The first kappa shape index (κ1) is 12.2. The second kappa shape index (κ2) is 4.93. The Morgan fingerprint density at radius 3 is 3.00 bits per heavy atom. The van der Waals surface area contributed by atoms with Gasteiger partial charge in [-0.15, -0.1) is 0 Å². The van der Waals surface area contributed by atoms with Crippen LogP contribution >= 0.6 is 15.9 Å². The van der Waals surface area contributed by atoms with Crippen LogP contribution in [0, 0.1) is 5.82 Å². The van der Waals surface area contributed by atoms with Crippen LogP contribution in [0.25, 0.3) is 11.5 Å². The second-order valence-electron chi connectivity index (χ2n) is 3.57. The van der Waals surface area contributed by atoms with Crippen molar-refractivity contribution in [3.8, 4) is 11.5 Å². The van der Waals surface area contributed by atoms with Crippen LogP contribution in [0.15, 0.2) is 27.2 Å². The molecular formula is C11H11BrFN3O. The topological polar surface area (TPSA) is 64.9 Å². The summed E-state index contributed by atoms with van der Waals surface area (Å²) in [6.45, 7) is 1.92. The first-order chi connectivity index (χ1) is 8.13. The largest absolute Gasteiger partial charge is 0.334 e. The lowest BCUT2D eigenvalue weighted by Gasteiger charge is -2.00. The van der Waals surface area contributed by atoms with Crippen molar-refractivity contribution in [3.63, 3.8) is 0 Å². The van der Waals surface area contributed by atoms with Crippen LogP contribution in [0.2, 0.25) is 0 Å². The van der Waals surface area contributed by atoms with Gasteiger partial charge >= 0.3 is 0 Å². The van der Waals surface area contributed by atoms with Crippen molar-refractivity contribution >= 4 is 15.9 Å². The average molecular weight is 300 g/mol. The zero-order chi connectivity index (χ0) is 12.4. The van der Waals surface area contributed by atoms with Crippen LogP contribution in [0.1, 0.15) is 25.2 Å². The van der Waals surface area contributed by atoms with E-state index in [1.54, 1.807) is 18.2 Å². The SMILES string of the molecule is CCC(N)c1noc(-c2cccc(Br)c2F)n1. The quantitative estimate of drug-likeness (QED) is 0.946. The number of halogens is 2. The Balaban J connectivity index is 2.40. The van der Waals surface area contributed by atoms with E-state index in [9.17, 15) is 4.39 Å². The number of rotatable bonds is 3. The van der Waals surface area contributed by atoms with E-state index in [2.05, 4.69) is 26.1 Å². The van der Waals surface area contributed by atoms with Gasteiger partial charge in [0, 0.05) is 0 Å². The highest BCUT2D eigenvalue weighted by atomic mass is 79.9. The summed E-state index contributed by atoms with van der Waals surface area (Å²) in [5.74, 6) is 0.109. The van der Waals surface area contributed by atoms with Gasteiger partial charge in [0.05, 0.1) is 16.1 Å². The monoisotopic (exact) mass is 299 g/mol. The molecule has 2 aromatic rings. The van der Waals surface area contributed by atoms with Gasteiger partial charge in [-0.25, -0.2) is 4.39 Å². The molecule has 0 amide bonds. The lowest BCUT2D eigenvalue weighted by molar-refractivity contribution is 0.413. The maximum atomic E-state index is 13.8. The van der Waals surface area contributed by atoms with Crippen molar-refractivity contribution in [2.24, 2.45) is 5.73 Å². The Morgan fingerprint density at radius 1 is 1.53 bits per heavy atom. The van der Waals surface area contributed by atoms with Crippen molar-refractivity contribution in [2.45, 2.75) is 19.4 Å². The number of benzene rings is 1.